The predicted molar refractivity (Wildman–Crippen MR) is 124 cm³/mol. The van der Waals surface area contributed by atoms with Crippen LogP contribution in [0.2, 0.25) is 0 Å². The van der Waals surface area contributed by atoms with Gasteiger partial charge in [0.05, 0.1) is 23.6 Å². The molecule has 0 saturated heterocycles. The second-order valence-electron chi connectivity index (χ2n) is 9.01. The van der Waals surface area contributed by atoms with Crippen LogP contribution < -0.4 is 24.5 Å². The Balaban J connectivity index is 1.60. The van der Waals surface area contributed by atoms with E-state index in [4.69, 9.17) is 23.4 Å². The van der Waals surface area contributed by atoms with Crippen LogP contribution in [0.25, 0.3) is 22.1 Å². The predicted octanol–water partition coefficient (Wildman–Crippen LogP) is 2.47. The fraction of sp³-hybridized carbons (Fsp3) is 0.385. The number of benzene rings is 2. The zero-order chi connectivity index (χ0) is 24.0. The minimum absolute atomic E-state index is 0.0538. The maximum atomic E-state index is 13.6. The average molecular weight is 467 g/mol. The summed E-state index contributed by atoms with van der Waals surface area (Å²) in [6.45, 7) is 7.53. The molecule has 178 valence electrons. The van der Waals surface area contributed by atoms with Crippen LogP contribution in [-0.2, 0) is 16.1 Å². The van der Waals surface area contributed by atoms with Gasteiger partial charge in [0.1, 0.15) is 31.3 Å². The minimum Gasteiger partial charge on any atom is -0.486 e. The van der Waals surface area contributed by atoms with Crippen LogP contribution in [-0.4, -0.2) is 39.1 Å². The lowest BCUT2D eigenvalue weighted by molar-refractivity contribution is -0.951. The van der Waals surface area contributed by atoms with Crippen LogP contribution in [0.1, 0.15) is 25.2 Å². The molecule has 2 aromatic carbocycles. The maximum absolute atomic E-state index is 13.6. The van der Waals surface area contributed by atoms with Crippen molar-refractivity contribution in [3.8, 4) is 28.4 Å². The SMILES string of the molecule is COC(=O)[C@H](C(C)C)[NH+]1COc2ccc3c(=O)c(-c4ccc5c(c4)OCCO5)c(C)oc3c2C1. The molecule has 3 heterocycles. The summed E-state index contributed by atoms with van der Waals surface area (Å²) in [5.74, 6) is 2.22. The summed E-state index contributed by atoms with van der Waals surface area (Å²) in [7, 11) is 1.40. The Hall–Kier alpha value is -3.52. The van der Waals surface area contributed by atoms with E-state index in [1.54, 1.807) is 19.1 Å². The highest BCUT2D eigenvalue weighted by Crippen LogP contribution is 2.36. The van der Waals surface area contributed by atoms with Crippen LogP contribution in [0, 0.1) is 12.8 Å². The summed E-state index contributed by atoms with van der Waals surface area (Å²) in [6.07, 6.45) is 0. The van der Waals surface area contributed by atoms with E-state index in [2.05, 4.69) is 0 Å². The number of fused-ring (bicyclic) bond motifs is 4. The van der Waals surface area contributed by atoms with Crippen molar-refractivity contribution in [1.29, 1.82) is 0 Å². The molecule has 0 fully saturated rings. The minimum atomic E-state index is -0.391. The first-order valence-corrected chi connectivity index (χ1v) is 11.4. The fourth-order valence-corrected chi connectivity index (χ4v) is 4.93. The van der Waals surface area contributed by atoms with Gasteiger partial charge in [-0.2, -0.15) is 0 Å². The standard InChI is InChI=1S/C26H27NO7/c1-14(2)23(26(29)30-4)27-12-18-19(33-13-27)8-6-17-24(28)22(15(3)34-25(17)18)16-5-7-20-21(11-16)32-10-9-31-20/h5-8,11,14,23H,9-10,12-13H2,1-4H3/p+1/t23-/m0/s1. The van der Waals surface area contributed by atoms with E-state index >= 15 is 0 Å². The summed E-state index contributed by atoms with van der Waals surface area (Å²) < 4.78 is 28.6. The summed E-state index contributed by atoms with van der Waals surface area (Å²) in [4.78, 5) is 27.0. The summed E-state index contributed by atoms with van der Waals surface area (Å²) >= 11 is 0. The highest BCUT2D eigenvalue weighted by molar-refractivity contribution is 5.87. The molecule has 1 unspecified atom stereocenters. The average Bonchev–Trinajstić information content (AvgIpc) is 2.83. The molecule has 5 rings (SSSR count). The van der Waals surface area contributed by atoms with Gasteiger partial charge in [-0.1, -0.05) is 19.9 Å². The molecule has 8 nitrogen and oxygen atoms in total. The molecule has 0 bridgehead atoms. The van der Waals surface area contributed by atoms with Crippen molar-refractivity contribution in [3.63, 3.8) is 0 Å². The molecule has 8 heteroatoms. The molecule has 0 radical (unpaired) electrons. The Bertz CT molecular complexity index is 1330. The Labute approximate surface area is 197 Å². The number of quaternary nitrogens is 1. The van der Waals surface area contributed by atoms with E-state index in [-0.39, 0.29) is 17.3 Å². The quantitative estimate of drug-likeness (QED) is 0.591. The third kappa shape index (κ3) is 3.68. The van der Waals surface area contributed by atoms with Gasteiger partial charge in [0.25, 0.3) is 0 Å². The van der Waals surface area contributed by atoms with Crippen molar-refractivity contribution in [2.24, 2.45) is 5.92 Å². The van der Waals surface area contributed by atoms with E-state index in [0.29, 0.717) is 71.6 Å². The third-order valence-electron chi connectivity index (χ3n) is 6.51. The summed E-state index contributed by atoms with van der Waals surface area (Å²) in [6, 6.07) is 8.63. The van der Waals surface area contributed by atoms with Gasteiger partial charge in [-0.15, -0.1) is 0 Å². The van der Waals surface area contributed by atoms with Crippen LogP contribution >= 0.6 is 0 Å². The first kappa shape index (κ1) is 22.3. The maximum Gasteiger partial charge on any atom is 0.365 e. The molecule has 0 amide bonds. The normalized spacial score (nSPS) is 17.7. The molecule has 34 heavy (non-hydrogen) atoms. The highest BCUT2D eigenvalue weighted by Gasteiger charge is 2.38. The van der Waals surface area contributed by atoms with E-state index < -0.39 is 6.04 Å². The van der Waals surface area contributed by atoms with Crippen molar-refractivity contribution < 1.29 is 33.1 Å². The number of ether oxygens (including phenoxy) is 4. The lowest BCUT2D eigenvalue weighted by Crippen LogP contribution is -3.17. The number of methoxy groups -OCH3 is 1. The van der Waals surface area contributed by atoms with E-state index in [9.17, 15) is 9.59 Å². The number of hydrogen-bond donors (Lipinski definition) is 1. The number of esters is 1. The Morgan fingerprint density at radius 2 is 1.76 bits per heavy atom. The molecule has 1 aromatic heterocycles. The molecule has 1 N–H and O–H groups in total. The van der Waals surface area contributed by atoms with Gasteiger partial charge in [0, 0.05) is 5.92 Å². The zero-order valence-corrected chi connectivity index (χ0v) is 19.7. The first-order valence-electron chi connectivity index (χ1n) is 11.4. The smallest absolute Gasteiger partial charge is 0.365 e. The third-order valence-corrected chi connectivity index (χ3v) is 6.51. The molecule has 2 aliphatic rings. The molecule has 3 aromatic rings. The van der Waals surface area contributed by atoms with E-state index in [0.717, 1.165) is 10.5 Å². The Kier molecular flexibility index (Phi) is 5.69. The Morgan fingerprint density at radius 1 is 1.03 bits per heavy atom. The highest BCUT2D eigenvalue weighted by atomic mass is 16.6. The van der Waals surface area contributed by atoms with Gasteiger partial charge < -0.3 is 23.4 Å². The molecule has 0 saturated carbocycles. The number of nitrogens with one attached hydrogen (secondary N) is 1. The van der Waals surface area contributed by atoms with E-state index in [1.807, 2.05) is 32.0 Å². The number of aryl methyl sites for hydroxylation is 1. The summed E-state index contributed by atoms with van der Waals surface area (Å²) in [5, 5.41) is 0.471. The number of rotatable bonds is 4. The Morgan fingerprint density at radius 3 is 2.50 bits per heavy atom. The lowest BCUT2D eigenvalue weighted by atomic mass is 9.98. The summed E-state index contributed by atoms with van der Waals surface area (Å²) in [5.41, 5.74) is 2.34. The van der Waals surface area contributed by atoms with Gasteiger partial charge in [0.15, 0.2) is 23.1 Å². The van der Waals surface area contributed by atoms with Gasteiger partial charge in [0.2, 0.25) is 12.2 Å². The lowest BCUT2D eigenvalue weighted by Gasteiger charge is -2.32. The van der Waals surface area contributed by atoms with Crippen molar-refractivity contribution in [3.05, 3.63) is 51.9 Å². The number of carbonyl (C=O) groups excluding carboxylic acids is 1. The zero-order valence-electron chi connectivity index (χ0n) is 19.7. The molecule has 0 aliphatic carbocycles. The second-order valence-corrected chi connectivity index (χ2v) is 9.01. The van der Waals surface area contributed by atoms with Crippen molar-refractivity contribution >= 4 is 16.9 Å². The van der Waals surface area contributed by atoms with Gasteiger partial charge in [-0.05, 0) is 36.8 Å². The molecule has 0 spiro atoms. The van der Waals surface area contributed by atoms with Crippen molar-refractivity contribution in [2.45, 2.75) is 33.4 Å². The molecule has 2 aliphatic heterocycles. The number of carbonyl (C=O) groups is 1. The topological polar surface area (TPSA) is 88.6 Å². The molecular formula is C26H28NO7+. The fourth-order valence-electron chi connectivity index (χ4n) is 4.93. The van der Waals surface area contributed by atoms with Gasteiger partial charge in [-0.25, -0.2) is 4.79 Å². The first-order chi connectivity index (χ1) is 16.4. The molecular weight excluding hydrogens is 438 g/mol. The van der Waals surface area contributed by atoms with Crippen LogP contribution in [0.4, 0.5) is 0 Å². The van der Waals surface area contributed by atoms with Gasteiger partial charge in [-0.3, -0.25) is 9.69 Å². The van der Waals surface area contributed by atoms with Crippen LogP contribution in [0.15, 0.2) is 39.5 Å². The number of hydrogen-bond acceptors (Lipinski definition) is 7. The van der Waals surface area contributed by atoms with Crippen molar-refractivity contribution in [1.82, 2.24) is 0 Å². The van der Waals surface area contributed by atoms with Crippen LogP contribution in [0.3, 0.4) is 0 Å². The second kappa shape index (κ2) is 8.68. The van der Waals surface area contributed by atoms with Crippen molar-refractivity contribution in [2.75, 3.05) is 27.1 Å². The van der Waals surface area contributed by atoms with Crippen LogP contribution in [0.5, 0.6) is 17.2 Å². The monoisotopic (exact) mass is 466 g/mol. The van der Waals surface area contributed by atoms with E-state index in [1.165, 1.54) is 7.11 Å². The van der Waals surface area contributed by atoms with Gasteiger partial charge >= 0.3 is 5.97 Å². The molecule has 2 atom stereocenters. The largest absolute Gasteiger partial charge is 0.486 e.